The molecule has 72 valence electrons. The molecular formula is C11H16O2. The molecule has 2 nitrogen and oxygen atoms in total. The second kappa shape index (κ2) is 6.71. The Morgan fingerprint density at radius 1 is 1.31 bits per heavy atom. The first-order valence-corrected chi connectivity index (χ1v) is 4.77. The lowest BCUT2D eigenvalue weighted by Gasteiger charge is -2.00. The van der Waals surface area contributed by atoms with Crippen molar-refractivity contribution >= 4 is 0 Å². The molecule has 1 aliphatic heterocycles. The van der Waals surface area contributed by atoms with E-state index in [1.165, 1.54) is 0 Å². The molecule has 0 bridgehead atoms. The van der Waals surface area contributed by atoms with Crippen LogP contribution in [-0.2, 0) is 9.47 Å². The topological polar surface area (TPSA) is 18.5 Å². The third-order valence-electron chi connectivity index (χ3n) is 1.88. The molecule has 2 heteroatoms. The van der Waals surface area contributed by atoms with Gasteiger partial charge in [0.05, 0.1) is 13.2 Å². The minimum absolute atomic E-state index is 0.104. The monoisotopic (exact) mass is 180 g/mol. The molecule has 0 aliphatic carbocycles. The van der Waals surface area contributed by atoms with Crippen molar-refractivity contribution in [2.45, 2.75) is 32.0 Å². The molecule has 0 spiro atoms. The van der Waals surface area contributed by atoms with E-state index in [9.17, 15) is 0 Å². The van der Waals surface area contributed by atoms with Gasteiger partial charge in [-0.15, -0.1) is 12.3 Å². The first-order chi connectivity index (χ1) is 6.43. The fourth-order valence-electron chi connectivity index (χ4n) is 1.18. The Labute approximate surface area is 79.9 Å². The highest BCUT2D eigenvalue weighted by molar-refractivity contribution is 4.87. The van der Waals surface area contributed by atoms with Crippen LogP contribution in [0.4, 0.5) is 0 Å². The molecule has 0 radical (unpaired) electrons. The number of hydrogen-bond acceptors (Lipinski definition) is 2. The van der Waals surface area contributed by atoms with E-state index >= 15 is 0 Å². The van der Waals surface area contributed by atoms with Gasteiger partial charge in [0, 0.05) is 6.42 Å². The number of terminal acetylenes is 1. The van der Waals surface area contributed by atoms with Crippen molar-refractivity contribution in [2.24, 2.45) is 0 Å². The standard InChI is InChI=1S/C11H16O2/c1-2-3-4-5-6-7-8-11-12-9-10-13-11/h1,7-8,11H,3-6,9-10H2/b8-7+. The summed E-state index contributed by atoms with van der Waals surface area (Å²) in [4.78, 5) is 0. The van der Waals surface area contributed by atoms with Crippen molar-refractivity contribution in [1.82, 2.24) is 0 Å². The van der Waals surface area contributed by atoms with Crippen molar-refractivity contribution in [3.63, 3.8) is 0 Å². The van der Waals surface area contributed by atoms with Crippen LogP contribution in [-0.4, -0.2) is 19.5 Å². The Hall–Kier alpha value is -0.780. The molecule has 0 unspecified atom stereocenters. The van der Waals surface area contributed by atoms with E-state index in [1.807, 2.05) is 6.08 Å². The number of ether oxygens (including phenoxy) is 2. The molecule has 1 saturated heterocycles. The van der Waals surface area contributed by atoms with Gasteiger partial charge >= 0.3 is 0 Å². The molecule has 1 heterocycles. The molecule has 0 atom stereocenters. The van der Waals surface area contributed by atoms with Crippen molar-refractivity contribution in [3.8, 4) is 12.3 Å². The zero-order valence-electron chi connectivity index (χ0n) is 7.87. The summed E-state index contributed by atoms with van der Waals surface area (Å²) in [5, 5.41) is 0. The van der Waals surface area contributed by atoms with Crippen LogP contribution >= 0.6 is 0 Å². The first kappa shape index (κ1) is 10.3. The second-order valence-corrected chi connectivity index (χ2v) is 2.99. The summed E-state index contributed by atoms with van der Waals surface area (Å²) in [7, 11) is 0. The van der Waals surface area contributed by atoms with Crippen LogP contribution in [0.5, 0.6) is 0 Å². The Morgan fingerprint density at radius 3 is 2.77 bits per heavy atom. The maximum Gasteiger partial charge on any atom is 0.177 e. The second-order valence-electron chi connectivity index (χ2n) is 2.99. The van der Waals surface area contributed by atoms with Crippen LogP contribution in [0.15, 0.2) is 12.2 Å². The molecule has 1 fully saturated rings. The van der Waals surface area contributed by atoms with Gasteiger partial charge < -0.3 is 9.47 Å². The summed E-state index contributed by atoms with van der Waals surface area (Å²) in [6, 6.07) is 0. The Balaban J connectivity index is 1.95. The van der Waals surface area contributed by atoms with Gasteiger partial charge in [-0.3, -0.25) is 0 Å². The van der Waals surface area contributed by atoms with E-state index < -0.39 is 0 Å². The third-order valence-corrected chi connectivity index (χ3v) is 1.88. The third kappa shape index (κ3) is 4.72. The van der Waals surface area contributed by atoms with Crippen LogP contribution in [0.25, 0.3) is 0 Å². The normalized spacial score (nSPS) is 18.1. The summed E-state index contributed by atoms with van der Waals surface area (Å²) in [5.41, 5.74) is 0. The predicted molar refractivity (Wildman–Crippen MR) is 52.1 cm³/mol. The fraction of sp³-hybridized carbons (Fsp3) is 0.636. The van der Waals surface area contributed by atoms with Crippen molar-refractivity contribution in [3.05, 3.63) is 12.2 Å². The predicted octanol–water partition coefficient (Wildman–Crippen LogP) is 2.11. The number of allylic oxidation sites excluding steroid dienone is 1. The van der Waals surface area contributed by atoms with Gasteiger partial charge in [0.2, 0.25) is 0 Å². The lowest BCUT2D eigenvalue weighted by molar-refractivity contribution is -0.00173. The van der Waals surface area contributed by atoms with Gasteiger partial charge in [-0.1, -0.05) is 6.08 Å². The maximum absolute atomic E-state index is 5.24. The summed E-state index contributed by atoms with van der Waals surface area (Å²) < 4.78 is 10.5. The lowest BCUT2D eigenvalue weighted by atomic mass is 10.2. The number of unbranched alkanes of at least 4 members (excludes halogenated alkanes) is 3. The highest BCUT2D eigenvalue weighted by atomic mass is 16.7. The zero-order chi connectivity index (χ0) is 9.36. The molecule has 0 aromatic rings. The summed E-state index contributed by atoms with van der Waals surface area (Å²) >= 11 is 0. The molecule has 0 amide bonds. The van der Waals surface area contributed by atoms with E-state index in [0.29, 0.717) is 13.2 Å². The first-order valence-electron chi connectivity index (χ1n) is 4.77. The molecule has 0 aromatic carbocycles. The van der Waals surface area contributed by atoms with E-state index in [4.69, 9.17) is 15.9 Å². The van der Waals surface area contributed by atoms with Gasteiger partial charge in [0.15, 0.2) is 6.29 Å². The summed E-state index contributed by atoms with van der Waals surface area (Å²) in [6.07, 6.45) is 13.3. The largest absolute Gasteiger partial charge is 0.347 e. The Morgan fingerprint density at radius 2 is 2.08 bits per heavy atom. The average molecular weight is 180 g/mol. The molecular weight excluding hydrogens is 164 g/mol. The van der Waals surface area contributed by atoms with Gasteiger partial charge in [0.25, 0.3) is 0 Å². The molecule has 0 saturated carbocycles. The van der Waals surface area contributed by atoms with Crippen LogP contribution in [0.3, 0.4) is 0 Å². The van der Waals surface area contributed by atoms with Gasteiger partial charge in [-0.2, -0.15) is 0 Å². The van der Waals surface area contributed by atoms with E-state index in [-0.39, 0.29) is 6.29 Å². The van der Waals surface area contributed by atoms with Gasteiger partial charge in [0.1, 0.15) is 0 Å². The SMILES string of the molecule is C#CCCCC/C=C/C1OCCO1. The summed E-state index contributed by atoms with van der Waals surface area (Å²) in [5.74, 6) is 2.63. The van der Waals surface area contributed by atoms with Gasteiger partial charge in [-0.05, 0) is 25.3 Å². The minimum Gasteiger partial charge on any atom is -0.347 e. The Bertz CT molecular complexity index is 185. The highest BCUT2D eigenvalue weighted by Gasteiger charge is 2.10. The van der Waals surface area contributed by atoms with Crippen LogP contribution in [0, 0.1) is 12.3 Å². The molecule has 1 rings (SSSR count). The molecule has 0 N–H and O–H groups in total. The highest BCUT2D eigenvalue weighted by Crippen LogP contribution is 2.06. The minimum atomic E-state index is -0.104. The van der Waals surface area contributed by atoms with Crippen molar-refractivity contribution in [2.75, 3.05) is 13.2 Å². The number of hydrogen-bond donors (Lipinski definition) is 0. The van der Waals surface area contributed by atoms with Gasteiger partial charge in [-0.25, -0.2) is 0 Å². The molecule has 1 aliphatic rings. The van der Waals surface area contributed by atoms with Crippen LogP contribution in [0.1, 0.15) is 25.7 Å². The lowest BCUT2D eigenvalue weighted by Crippen LogP contribution is -2.01. The fourth-order valence-corrected chi connectivity index (χ4v) is 1.18. The maximum atomic E-state index is 5.24. The van der Waals surface area contributed by atoms with E-state index in [2.05, 4.69) is 12.0 Å². The van der Waals surface area contributed by atoms with E-state index in [0.717, 1.165) is 25.7 Å². The van der Waals surface area contributed by atoms with Crippen LogP contribution in [0.2, 0.25) is 0 Å². The summed E-state index contributed by atoms with van der Waals surface area (Å²) in [6.45, 7) is 1.43. The van der Waals surface area contributed by atoms with Crippen molar-refractivity contribution < 1.29 is 9.47 Å². The zero-order valence-corrected chi connectivity index (χ0v) is 7.87. The quantitative estimate of drug-likeness (QED) is 0.366. The van der Waals surface area contributed by atoms with E-state index in [1.54, 1.807) is 0 Å². The molecule has 0 aromatic heterocycles. The number of rotatable bonds is 5. The van der Waals surface area contributed by atoms with Crippen LogP contribution < -0.4 is 0 Å². The van der Waals surface area contributed by atoms with Crippen molar-refractivity contribution in [1.29, 1.82) is 0 Å². The average Bonchev–Trinajstić information content (AvgIpc) is 2.63. The Kier molecular flexibility index (Phi) is 5.31. The smallest absolute Gasteiger partial charge is 0.177 e. The molecule has 13 heavy (non-hydrogen) atoms.